The Kier molecular flexibility index (Phi) is 7.42. The van der Waals surface area contributed by atoms with E-state index in [1.54, 1.807) is 28.8 Å². The van der Waals surface area contributed by atoms with Crippen molar-refractivity contribution in [3.05, 3.63) is 33.7 Å². The molecule has 0 saturated carbocycles. The van der Waals surface area contributed by atoms with Gasteiger partial charge in [-0.1, -0.05) is 33.1 Å². The average Bonchev–Trinajstić information content (AvgIpc) is 2.55. The van der Waals surface area contributed by atoms with Crippen LogP contribution < -0.4 is 10.7 Å². The molecule has 0 unspecified atom stereocenters. The van der Waals surface area contributed by atoms with E-state index in [0.29, 0.717) is 32.1 Å². The monoisotopic (exact) mass is 361 g/mol. The second kappa shape index (κ2) is 9.55. The van der Waals surface area contributed by atoms with Crippen LogP contribution in [-0.2, 0) is 6.54 Å². The Bertz CT molecular complexity index is 686. The fourth-order valence-electron chi connectivity index (χ4n) is 3.35. The first-order valence-corrected chi connectivity index (χ1v) is 9.75. The van der Waals surface area contributed by atoms with Crippen molar-refractivity contribution in [3.8, 4) is 0 Å². The standard InChI is InChI=1S/C20H31N3O3/c1-4-21-19(25)16-13-22(12-15(2)3)14-17(18(16)24)20(26)23-10-8-6-5-7-9-11-23/h13-15H,4-12H2,1-3H3,(H,21,25). The molecule has 1 aliphatic heterocycles. The highest BCUT2D eigenvalue weighted by Crippen LogP contribution is 2.13. The van der Waals surface area contributed by atoms with Gasteiger partial charge in [0.1, 0.15) is 11.1 Å². The lowest BCUT2D eigenvalue weighted by Gasteiger charge is -2.25. The first kappa shape index (κ1) is 20.2. The zero-order chi connectivity index (χ0) is 19.1. The van der Waals surface area contributed by atoms with Gasteiger partial charge in [0.25, 0.3) is 11.8 Å². The number of nitrogens with zero attached hydrogens (tertiary/aromatic N) is 2. The summed E-state index contributed by atoms with van der Waals surface area (Å²) >= 11 is 0. The molecule has 1 N–H and O–H groups in total. The molecule has 0 aliphatic carbocycles. The lowest BCUT2D eigenvalue weighted by molar-refractivity contribution is 0.0740. The number of nitrogens with one attached hydrogen (secondary N) is 1. The van der Waals surface area contributed by atoms with E-state index in [1.165, 1.54) is 6.42 Å². The Morgan fingerprint density at radius 2 is 1.62 bits per heavy atom. The molecule has 2 rings (SSSR count). The smallest absolute Gasteiger partial charge is 0.259 e. The van der Waals surface area contributed by atoms with Gasteiger partial charge in [-0.15, -0.1) is 0 Å². The number of rotatable bonds is 5. The zero-order valence-corrected chi connectivity index (χ0v) is 16.2. The summed E-state index contributed by atoms with van der Waals surface area (Å²) in [5, 5.41) is 2.67. The van der Waals surface area contributed by atoms with Crippen molar-refractivity contribution >= 4 is 11.8 Å². The number of amides is 2. The van der Waals surface area contributed by atoms with Gasteiger partial charge in [0.15, 0.2) is 0 Å². The third kappa shape index (κ3) is 5.19. The van der Waals surface area contributed by atoms with Crippen LogP contribution in [0, 0.1) is 5.92 Å². The minimum absolute atomic E-state index is 0.0467. The van der Waals surface area contributed by atoms with Crippen molar-refractivity contribution in [2.75, 3.05) is 19.6 Å². The van der Waals surface area contributed by atoms with Crippen molar-refractivity contribution in [3.63, 3.8) is 0 Å². The number of pyridine rings is 1. The van der Waals surface area contributed by atoms with Gasteiger partial charge in [0, 0.05) is 38.6 Å². The summed E-state index contributed by atoms with van der Waals surface area (Å²) in [7, 11) is 0. The molecule has 2 amide bonds. The number of aromatic nitrogens is 1. The molecule has 1 aromatic rings. The normalized spacial score (nSPS) is 15.5. The zero-order valence-electron chi connectivity index (χ0n) is 16.2. The maximum Gasteiger partial charge on any atom is 0.259 e. The van der Waals surface area contributed by atoms with E-state index in [4.69, 9.17) is 0 Å². The topological polar surface area (TPSA) is 71.4 Å². The summed E-state index contributed by atoms with van der Waals surface area (Å²) in [6.07, 6.45) is 8.53. The Hall–Kier alpha value is -2.11. The average molecular weight is 361 g/mol. The van der Waals surface area contributed by atoms with E-state index in [-0.39, 0.29) is 17.0 Å². The minimum Gasteiger partial charge on any atom is -0.352 e. The third-order valence-electron chi connectivity index (χ3n) is 4.61. The van der Waals surface area contributed by atoms with E-state index < -0.39 is 11.3 Å². The van der Waals surface area contributed by atoms with Gasteiger partial charge in [-0.25, -0.2) is 0 Å². The minimum atomic E-state index is -0.469. The van der Waals surface area contributed by atoms with E-state index in [2.05, 4.69) is 19.2 Å². The molecule has 6 nitrogen and oxygen atoms in total. The van der Waals surface area contributed by atoms with Crippen LogP contribution in [0.25, 0.3) is 0 Å². The molecule has 1 saturated heterocycles. The van der Waals surface area contributed by atoms with Crippen LogP contribution in [0.2, 0.25) is 0 Å². The van der Waals surface area contributed by atoms with Crippen LogP contribution in [0.4, 0.5) is 0 Å². The molecule has 6 heteroatoms. The number of hydrogen-bond donors (Lipinski definition) is 1. The molecule has 0 radical (unpaired) electrons. The fraction of sp³-hybridized carbons (Fsp3) is 0.650. The second-order valence-corrected chi connectivity index (χ2v) is 7.42. The summed E-state index contributed by atoms with van der Waals surface area (Å²) in [5.41, 5.74) is -0.316. The summed E-state index contributed by atoms with van der Waals surface area (Å²) in [5.74, 6) is -0.331. The number of carbonyl (C=O) groups is 2. The molecule has 1 aromatic heterocycles. The fourth-order valence-corrected chi connectivity index (χ4v) is 3.35. The Morgan fingerprint density at radius 1 is 1.04 bits per heavy atom. The van der Waals surface area contributed by atoms with E-state index in [1.807, 2.05) is 0 Å². The molecule has 26 heavy (non-hydrogen) atoms. The predicted molar refractivity (Wildman–Crippen MR) is 103 cm³/mol. The van der Waals surface area contributed by atoms with Crippen molar-refractivity contribution in [2.45, 2.75) is 59.4 Å². The van der Waals surface area contributed by atoms with Crippen molar-refractivity contribution in [1.82, 2.24) is 14.8 Å². The predicted octanol–water partition coefficient (Wildman–Crippen LogP) is 2.66. The summed E-state index contributed by atoms with van der Waals surface area (Å²) < 4.78 is 1.80. The first-order chi connectivity index (χ1) is 12.4. The maximum atomic E-state index is 13.0. The van der Waals surface area contributed by atoms with Crippen LogP contribution in [0.3, 0.4) is 0 Å². The van der Waals surface area contributed by atoms with Gasteiger partial charge in [-0.05, 0) is 25.7 Å². The largest absolute Gasteiger partial charge is 0.352 e. The van der Waals surface area contributed by atoms with Gasteiger partial charge in [-0.3, -0.25) is 14.4 Å². The number of hydrogen-bond acceptors (Lipinski definition) is 3. The molecular formula is C20H31N3O3. The van der Waals surface area contributed by atoms with Crippen LogP contribution in [0.5, 0.6) is 0 Å². The van der Waals surface area contributed by atoms with E-state index in [9.17, 15) is 14.4 Å². The highest BCUT2D eigenvalue weighted by molar-refractivity contribution is 5.99. The van der Waals surface area contributed by atoms with Crippen molar-refractivity contribution < 1.29 is 9.59 Å². The second-order valence-electron chi connectivity index (χ2n) is 7.42. The third-order valence-corrected chi connectivity index (χ3v) is 4.61. The van der Waals surface area contributed by atoms with Crippen molar-refractivity contribution in [2.24, 2.45) is 5.92 Å². The summed E-state index contributed by atoms with van der Waals surface area (Å²) in [6, 6.07) is 0. The molecule has 0 aromatic carbocycles. The van der Waals surface area contributed by atoms with Crippen LogP contribution in [-0.4, -0.2) is 40.9 Å². The molecule has 1 aliphatic rings. The van der Waals surface area contributed by atoms with Crippen molar-refractivity contribution in [1.29, 1.82) is 0 Å². The number of likely N-dealkylation sites (tertiary alicyclic amines) is 1. The van der Waals surface area contributed by atoms with Gasteiger partial charge in [0.05, 0.1) is 0 Å². The Morgan fingerprint density at radius 3 is 2.19 bits per heavy atom. The molecule has 0 atom stereocenters. The maximum absolute atomic E-state index is 13.0. The highest BCUT2D eigenvalue weighted by Gasteiger charge is 2.23. The Balaban J connectivity index is 2.40. The highest BCUT2D eigenvalue weighted by atomic mass is 16.2. The SMILES string of the molecule is CCNC(=O)c1cn(CC(C)C)cc(C(=O)N2CCCCCCC2)c1=O. The lowest BCUT2D eigenvalue weighted by Crippen LogP contribution is -2.39. The molecule has 0 spiro atoms. The Labute approximate surface area is 155 Å². The summed E-state index contributed by atoms with van der Waals surface area (Å²) in [6.45, 7) is 8.36. The number of carbonyl (C=O) groups excluding carboxylic acids is 2. The quantitative estimate of drug-likeness (QED) is 0.876. The van der Waals surface area contributed by atoms with Gasteiger partial charge >= 0.3 is 0 Å². The molecular weight excluding hydrogens is 330 g/mol. The van der Waals surface area contributed by atoms with E-state index >= 15 is 0 Å². The lowest BCUT2D eigenvalue weighted by atomic mass is 10.1. The first-order valence-electron chi connectivity index (χ1n) is 9.75. The van der Waals surface area contributed by atoms with Crippen LogP contribution >= 0.6 is 0 Å². The van der Waals surface area contributed by atoms with Crippen LogP contribution in [0.15, 0.2) is 17.2 Å². The molecule has 144 valence electrons. The molecule has 0 bridgehead atoms. The van der Waals surface area contributed by atoms with Crippen LogP contribution in [0.1, 0.15) is 73.6 Å². The summed E-state index contributed by atoms with van der Waals surface area (Å²) in [4.78, 5) is 40.0. The van der Waals surface area contributed by atoms with Gasteiger partial charge in [0.2, 0.25) is 5.43 Å². The molecule has 1 fully saturated rings. The van der Waals surface area contributed by atoms with Gasteiger partial charge < -0.3 is 14.8 Å². The van der Waals surface area contributed by atoms with E-state index in [0.717, 1.165) is 25.7 Å². The van der Waals surface area contributed by atoms with Gasteiger partial charge in [-0.2, -0.15) is 0 Å². The molecule has 2 heterocycles.